The van der Waals surface area contributed by atoms with Gasteiger partial charge in [-0.1, -0.05) is 30.3 Å². The number of carbonyl (C=O) groups is 2. The van der Waals surface area contributed by atoms with Gasteiger partial charge in [-0.3, -0.25) is 0 Å². The predicted octanol–water partition coefficient (Wildman–Crippen LogP) is 2.12. The Bertz CT molecular complexity index is 440. The summed E-state index contributed by atoms with van der Waals surface area (Å²) in [6.07, 6.45) is 4.03. The number of benzene rings is 1. The molecule has 0 saturated heterocycles. The van der Waals surface area contributed by atoms with Crippen molar-refractivity contribution in [2.24, 2.45) is 0 Å². The van der Waals surface area contributed by atoms with Crippen molar-refractivity contribution < 1.29 is 14.7 Å². The Morgan fingerprint density at radius 2 is 2.00 bits per heavy atom. The van der Waals surface area contributed by atoms with Gasteiger partial charge in [0.1, 0.15) is 6.04 Å². The van der Waals surface area contributed by atoms with E-state index in [9.17, 15) is 9.59 Å². The number of aryl methyl sites for hydroxylation is 1. The van der Waals surface area contributed by atoms with Crippen LogP contribution in [-0.4, -0.2) is 41.7 Å². The van der Waals surface area contributed by atoms with Crippen molar-refractivity contribution in [3.05, 3.63) is 35.9 Å². The van der Waals surface area contributed by atoms with Crippen LogP contribution in [0.15, 0.2) is 30.3 Å². The lowest BCUT2D eigenvalue weighted by atomic mass is 10.1. The number of hydrogen-bond donors (Lipinski definition) is 3. The van der Waals surface area contributed by atoms with Crippen LogP contribution in [0.5, 0.6) is 0 Å². The topological polar surface area (TPSA) is 78.4 Å². The highest BCUT2D eigenvalue weighted by molar-refractivity contribution is 7.98. The Balaban J connectivity index is 2.21. The number of thioether (sulfide) groups is 1. The van der Waals surface area contributed by atoms with Crippen molar-refractivity contribution in [1.82, 2.24) is 10.6 Å². The summed E-state index contributed by atoms with van der Waals surface area (Å²) < 4.78 is 0. The third kappa shape index (κ3) is 7.60. The second-order valence-electron chi connectivity index (χ2n) is 4.66. The molecule has 1 aromatic rings. The fourth-order valence-electron chi connectivity index (χ4n) is 1.84. The molecule has 0 aliphatic rings. The summed E-state index contributed by atoms with van der Waals surface area (Å²) in [6, 6.07) is 8.78. The Morgan fingerprint density at radius 3 is 2.62 bits per heavy atom. The van der Waals surface area contributed by atoms with E-state index in [0.717, 1.165) is 12.8 Å². The molecule has 0 fully saturated rings. The van der Waals surface area contributed by atoms with Crippen LogP contribution in [0.2, 0.25) is 0 Å². The largest absolute Gasteiger partial charge is 0.480 e. The molecule has 0 unspecified atom stereocenters. The van der Waals surface area contributed by atoms with Crippen LogP contribution in [0.4, 0.5) is 4.79 Å². The van der Waals surface area contributed by atoms with Crippen molar-refractivity contribution in [2.75, 3.05) is 18.6 Å². The predicted molar refractivity (Wildman–Crippen MR) is 85.7 cm³/mol. The third-order valence-corrected chi connectivity index (χ3v) is 3.63. The summed E-state index contributed by atoms with van der Waals surface area (Å²) in [7, 11) is 0. The molecule has 0 aromatic heterocycles. The molecule has 1 aromatic carbocycles. The highest BCUT2D eigenvalue weighted by Crippen LogP contribution is 2.02. The van der Waals surface area contributed by atoms with Gasteiger partial charge in [0, 0.05) is 6.54 Å². The monoisotopic (exact) mass is 310 g/mol. The number of rotatable bonds is 9. The number of carboxylic acids is 1. The molecule has 0 aliphatic heterocycles. The Hall–Kier alpha value is -1.69. The van der Waals surface area contributed by atoms with Crippen molar-refractivity contribution in [3.8, 4) is 0 Å². The molecule has 1 atom stereocenters. The van der Waals surface area contributed by atoms with E-state index in [-0.39, 0.29) is 0 Å². The summed E-state index contributed by atoms with van der Waals surface area (Å²) in [5, 5.41) is 14.2. The van der Waals surface area contributed by atoms with Crippen LogP contribution in [-0.2, 0) is 11.2 Å². The lowest BCUT2D eigenvalue weighted by molar-refractivity contribution is -0.139. The van der Waals surface area contributed by atoms with Crippen molar-refractivity contribution >= 4 is 23.8 Å². The Kier molecular flexibility index (Phi) is 8.35. The molecule has 0 heterocycles. The van der Waals surface area contributed by atoms with Crippen LogP contribution < -0.4 is 10.6 Å². The molecule has 116 valence electrons. The van der Waals surface area contributed by atoms with Gasteiger partial charge in [0.05, 0.1) is 0 Å². The zero-order valence-corrected chi connectivity index (χ0v) is 13.0. The molecule has 6 heteroatoms. The SMILES string of the molecule is CSCC[C@H](NC(=O)NCCCc1ccccc1)C(=O)O. The van der Waals surface area contributed by atoms with Crippen molar-refractivity contribution in [3.63, 3.8) is 0 Å². The van der Waals surface area contributed by atoms with Gasteiger partial charge in [0.2, 0.25) is 0 Å². The van der Waals surface area contributed by atoms with E-state index in [0.29, 0.717) is 18.7 Å². The van der Waals surface area contributed by atoms with Crippen molar-refractivity contribution in [1.29, 1.82) is 0 Å². The maximum absolute atomic E-state index is 11.6. The van der Waals surface area contributed by atoms with Gasteiger partial charge in [-0.25, -0.2) is 9.59 Å². The number of amides is 2. The van der Waals surface area contributed by atoms with Gasteiger partial charge in [-0.15, -0.1) is 0 Å². The maximum Gasteiger partial charge on any atom is 0.326 e. The summed E-state index contributed by atoms with van der Waals surface area (Å²) in [4.78, 5) is 22.6. The molecule has 3 N–H and O–H groups in total. The molecule has 0 aliphatic carbocycles. The average Bonchev–Trinajstić information content (AvgIpc) is 2.48. The fraction of sp³-hybridized carbons (Fsp3) is 0.467. The Labute approximate surface area is 129 Å². The number of carbonyl (C=O) groups excluding carboxylic acids is 1. The van der Waals surface area contributed by atoms with Gasteiger partial charge in [0.15, 0.2) is 0 Å². The number of carboxylic acid groups (broad SMARTS) is 1. The highest BCUT2D eigenvalue weighted by Gasteiger charge is 2.18. The molecule has 0 bridgehead atoms. The summed E-state index contributed by atoms with van der Waals surface area (Å²) in [5.74, 6) is -0.297. The van der Waals surface area contributed by atoms with Crippen LogP contribution in [0, 0.1) is 0 Å². The smallest absolute Gasteiger partial charge is 0.326 e. The minimum atomic E-state index is -0.997. The molecule has 1 rings (SSSR count). The number of hydrogen-bond acceptors (Lipinski definition) is 3. The van der Waals surface area contributed by atoms with Gasteiger partial charge >= 0.3 is 12.0 Å². The second-order valence-corrected chi connectivity index (χ2v) is 5.65. The first-order valence-corrected chi connectivity index (χ1v) is 8.33. The van der Waals surface area contributed by atoms with E-state index in [1.165, 1.54) is 5.56 Å². The summed E-state index contributed by atoms with van der Waals surface area (Å²) in [5.41, 5.74) is 1.23. The lowest BCUT2D eigenvalue weighted by Gasteiger charge is -2.14. The zero-order chi connectivity index (χ0) is 15.5. The van der Waals surface area contributed by atoms with Gasteiger partial charge in [-0.05, 0) is 36.8 Å². The van der Waals surface area contributed by atoms with Crippen LogP contribution in [0.3, 0.4) is 0 Å². The average molecular weight is 310 g/mol. The van der Waals surface area contributed by atoms with E-state index < -0.39 is 18.0 Å². The minimum Gasteiger partial charge on any atom is -0.480 e. The minimum absolute atomic E-state index is 0.420. The molecular formula is C15H22N2O3S. The molecule has 21 heavy (non-hydrogen) atoms. The van der Waals surface area contributed by atoms with E-state index in [1.807, 2.05) is 36.6 Å². The van der Waals surface area contributed by atoms with E-state index in [4.69, 9.17) is 5.11 Å². The third-order valence-electron chi connectivity index (χ3n) is 2.98. The van der Waals surface area contributed by atoms with Crippen LogP contribution in [0.25, 0.3) is 0 Å². The van der Waals surface area contributed by atoms with E-state index in [1.54, 1.807) is 11.8 Å². The molecule has 0 radical (unpaired) electrons. The molecule has 0 spiro atoms. The van der Waals surface area contributed by atoms with E-state index >= 15 is 0 Å². The van der Waals surface area contributed by atoms with Crippen molar-refractivity contribution in [2.45, 2.75) is 25.3 Å². The van der Waals surface area contributed by atoms with Crippen LogP contribution in [0.1, 0.15) is 18.4 Å². The molecule has 2 amide bonds. The van der Waals surface area contributed by atoms with Gasteiger partial charge in [0.25, 0.3) is 0 Å². The normalized spacial score (nSPS) is 11.7. The lowest BCUT2D eigenvalue weighted by Crippen LogP contribution is -2.46. The first-order chi connectivity index (χ1) is 10.1. The standard InChI is InChI=1S/C15H22N2O3S/c1-21-11-9-13(14(18)19)17-15(20)16-10-5-8-12-6-3-2-4-7-12/h2-4,6-7,13H,5,8-11H2,1H3,(H,18,19)(H2,16,17,20)/t13-/m0/s1. The Morgan fingerprint density at radius 1 is 1.29 bits per heavy atom. The number of urea groups is 1. The first-order valence-electron chi connectivity index (χ1n) is 6.93. The number of nitrogens with one attached hydrogen (secondary N) is 2. The van der Waals surface area contributed by atoms with Gasteiger partial charge in [-0.2, -0.15) is 11.8 Å². The fourth-order valence-corrected chi connectivity index (χ4v) is 2.31. The summed E-state index contributed by atoms with van der Waals surface area (Å²) in [6.45, 7) is 0.523. The van der Waals surface area contributed by atoms with Gasteiger partial charge < -0.3 is 15.7 Å². The van der Waals surface area contributed by atoms with E-state index in [2.05, 4.69) is 10.6 Å². The summed E-state index contributed by atoms with van der Waals surface area (Å²) >= 11 is 1.56. The van der Waals surface area contributed by atoms with Crippen LogP contribution >= 0.6 is 11.8 Å². The molecular weight excluding hydrogens is 288 g/mol. The highest BCUT2D eigenvalue weighted by atomic mass is 32.2. The first kappa shape index (κ1) is 17.4. The molecule has 0 saturated carbocycles. The second kappa shape index (κ2) is 10.1. The maximum atomic E-state index is 11.6. The zero-order valence-electron chi connectivity index (χ0n) is 12.2. The molecule has 5 nitrogen and oxygen atoms in total. The number of aliphatic carboxylic acids is 1. The quantitative estimate of drug-likeness (QED) is 0.611.